The minimum atomic E-state index is -1.62. The van der Waals surface area contributed by atoms with Crippen LogP contribution in [0, 0.1) is 0 Å². The maximum atomic E-state index is 10.1. The first kappa shape index (κ1) is 18.9. The quantitative estimate of drug-likeness (QED) is 0.470. The van der Waals surface area contributed by atoms with Gasteiger partial charge in [-0.3, -0.25) is 0 Å². The van der Waals surface area contributed by atoms with Crippen molar-refractivity contribution in [2.24, 2.45) is 0 Å². The lowest BCUT2D eigenvalue weighted by atomic mass is 10.0. The van der Waals surface area contributed by atoms with Crippen molar-refractivity contribution in [1.29, 1.82) is 0 Å². The zero-order chi connectivity index (χ0) is 16.5. The number of alkyl halides is 3. The lowest BCUT2D eigenvalue weighted by molar-refractivity contribution is -0.357. The van der Waals surface area contributed by atoms with Crippen molar-refractivity contribution < 1.29 is 34.6 Å². The summed E-state index contributed by atoms with van der Waals surface area (Å²) in [5, 5.41) is 38.3. The molecular formula is C12H19Cl3O7. The number of aliphatic hydroxyl groups excluding tert-OH is 4. The van der Waals surface area contributed by atoms with E-state index in [0.717, 1.165) is 0 Å². The Morgan fingerprint density at radius 3 is 2.36 bits per heavy atom. The summed E-state index contributed by atoms with van der Waals surface area (Å²) in [6.07, 6.45) is -6.52. The fraction of sp³-hybridized carbons (Fsp3) is 1.00. The molecule has 130 valence electrons. The summed E-state index contributed by atoms with van der Waals surface area (Å²) in [5.41, 5.74) is 0. The molecule has 8 atom stereocenters. The van der Waals surface area contributed by atoms with Crippen molar-refractivity contribution in [3.8, 4) is 0 Å². The summed E-state index contributed by atoms with van der Waals surface area (Å²) in [7, 11) is 0. The highest BCUT2D eigenvalue weighted by Crippen LogP contribution is 2.37. The molecule has 2 heterocycles. The second-order valence-electron chi connectivity index (χ2n) is 5.36. The molecule has 5 unspecified atom stereocenters. The lowest BCUT2D eigenvalue weighted by Gasteiger charge is -2.43. The highest BCUT2D eigenvalue weighted by atomic mass is 35.5. The van der Waals surface area contributed by atoms with Crippen molar-refractivity contribution in [3.63, 3.8) is 0 Å². The molecule has 0 aliphatic carbocycles. The van der Waals surface area contributed by atoms with Crippen LogP contribution in [-0.2, 0) is 14.2 Å². The molecule has 2 aliphatic rings. The Balaban J connectivity index is 2.13. The molecule has 2 saturated heterocycles. The zero-order valence-electron chi connectivity index (χ0n) is 11.5. The second-order valence-corrected chi connectivity index (χ2v) is 6.44. The average molecular weight is 382 g/mol. The van der Waals surface area contributed by atoms with Crippen LogP contribution in [0.5, 0.6) is 0 Å². The highest BCUT2D eigenvalue weighted by molar-refractivity contribution is 6.21. The minimum Gasteiger partial charge on any atom is -0.394 e. The molecule has 0 aromatic heterocycles. The van der Waals surface area contributed by atoms with E-state index in [1.54, 1.807) is 0 Å². The van der Waals surface area contributed by atoms with E-state index < -0.39 is 54.6 Å². The molecule has 2 rings (SSSR count). The largest absolute Gasteiger partial charge is 0.394 e. The van der Waals surface area contributed by atoms with E-state index in [0.29, 0.717) is 0 Å². The number of aliphatic hydroxyl groups is 4. The van der Waals surface area contributed by atoms with Gasteiger partial charge in [0.1, 0.15) is 24.4 Å². The number of halogens is 3. The van der Waals surface area contributed by atoms with Crippen molar-refractivity contribution in [2.75, 3.05) is 18.4 Å². The zero-order valence-corrected chi connectivity index (χ0v) is 13.8. The Kier molecular flexibility index (Phi) is 6.58. The molecule has 0 radical (unpaired) electrons. The molecule has 10 heteroatoms. The van der Waals surface area contributed by atoms with Gasteiger partial charge in [0.15, 0.2) is 6.29 Å². The van der Waals surface area contributed by atoms with Crippen molar-refractivity contribution >= 4 is 34.8 Å². The smallest absolute Gasteiger partial charge is 0.211 e. The van der Waals surface area contributed by atoms with Crippen LogP contribution >= 0.6 is 34.8 Å². The summed E-state index contributed by atoms with van der Waals surface area (Å²) in [5.74, 6) is -1.72. The normalized spacial score (nSPS) is 49.5. The van der Waals surface area contributed by atoms with Gasteiger partial charge in [-0.2, -0.15) is 0 Å². The van der Waals surface area contributed by atoms with Crippen LogP contribution in [0.2, 0.25) is 0 Å². The van der Waals surface area contributed by atoms with Crippen LogP contribution in [0.1, 0.15) is 6.42 Å². The molecular weight excluding hydrogens is 362 g/mol. The van der Waals surface area contributed by atoms with Gasteiger partial charge in [-0.25, -0.2) is 0 Å². The van der Waals surface area contributed by atoms with Gasteiger partial charge in [0.05, 0.1) is 24.0 Å². The predicted molar refractivity (Wildman–Crippen MR) is 78.2 cm³/mol. The van der Waals surface area contributed by atoms with Gasteiger partial charge in [-0.15, -0.1) is 34.8 Å². The van der Waals surface area contributed by atoms with E-state index in [1.165, 1.54) is 0 Å². The Morgan fingerprint density at radius 2 is 1.86 bits per heavy atom. The third kappa shape index (κ3) is 3.49. The maximum Gasteiger partial charge on any atom is 0.211 e. The summed E-state index contributed by atoms with van der Waals surface area (Å²) in [6.45, 7) is -0.473. The molecule has 22 heavy (non-hydrogen) atoms. The first-order chi connectivity index (χ1) is 10.4. The third-order valence-electron chi connectivity index (χ3n) is 3.83. The van der Waals surface area contributed by atoms with E-state index in [1.807, 2.05) is 0 Å². The molecule has 0 saturated carbocycles. The fourth-order valence-corrected chi connectivity index (χ4v) is 3.31. The van der Waals surface area contributed by atoms with Crippen molar-refractivity contribution in [3.05, 3.63) is 0 Å². The second kappa shape index (κ2) is 7.65. The predicted octanol–water partition coefficient (Wildman–Crippen LogP) is -0.627. The Labute approximate surface area is 142 Å². The summed E-state index contributed by atoms with van der Waals surface area (Å²) < 4.78 is 16.4. The van der Waals surface area contributed by atoms with E-state index in [2.05, 4.69) is 0 Å². The Morgan fingerprint density at radius 1 is 1.18 bits per heavy atom. The number of hydrogen-bond acceptors (Lipinski definition) is 7. The SMILES string of the molecule is OCC1OC(O[C@]2(CCl)O[C@H](CCl)C[C@H]2O)C(O)C(O)C1Cl. The summed E-state index contributed by atoms with van der Waals surface area (Å²) in [4.78, 5) is 0. The van der Waals surface area contributed by atoms with Gasteiger partial charge in [0.25, 0.3) is 0 Å². The monoisotopic (exact) mass is 380 g/mol. The molecule has 2 fully saturated rings. The van der Waals surface area contributed by atoms with Gasteiger partial charge < -0.3 is 34.6 Å². The first-order valence-corrected chi connectivity index (χ1v) is 8.31. The molecule has 4 N–H and O–H groups in total. The van der Waals surface area contributed by atoms with Crippen LogP contribution in [-0.4, -0.2) is 86.8 Å². The minimum absolute atomic E-state index is 0.138. The summed E-state index contributed by atoms with van der Waals surface area (Å²) >= 11 is 17.4. The number of rotatable bonds is 5. The Hall–Kier alpha value is 0.590. The molecule has 0 aromatic carbocycles. The fourth-order valence-electron chi connectivity index (χ4n) is 2.53. The van der Waals surface area contributed by atoms with E-state index in [9.17, 15) is 20.4 Å². The van der Waals surface area contributed by atoms with Crippen LogP contribution in [0.4, 0.5) is 0 Å². The maximum absolute atomic E-state index is 10.1. The van der Waals surface area contributed by atoms with Crippen LogP contribution in [0.25, 0.3) is 0 Å². The van der Waals surface area contributed by atoms with Crippen LogP contribution in [0.15, 0.2) is 0 Å². The molecule has 0 bridgehead atoms. The number of ether oxygens (including phenoxy) is 3. The van der Waals surface area contributed by atoms with Crippen LogP contribution in [0.3, 0.4) is 0 Å². The topological polar surface area (TPSA) is 109 Å². The van der Waals surface area contributed by atoms with Crippen molar-refractivity contribution in [2.45, 2.75) is 54.4 Å². The average Bonchev–Trinajstić information content (AvgIpc) is 2.84. The third-order valence-corrected chi connectivity index (χ3v) is 5.09. The standard InChI is InChI=1S/C12H19Cl3O7/c13-2-5-1-7(17)12(4-14,21-5)22-11-10(19)9(18)8(15)6(3-16)20-11/h5-11,16-19H,1-4H2/t5-,6?,7+,8?,9?,10?,11?,12-/m0/s1. The molecule has 2 aliphatic heterocycles. The van der Waals surface area contributed by atoms with Gasteiger partial charge in [0, 0.05) is 12.3 Å². The molecule has 0 spiro atoms. The van der Waals surface area contributed by atoms with E-state index >= 15 is 0 Å². The van der Waals surface area contributed by atoms with E-state index in [4.69, 9.17) is 49.0 Å². The van der Waals surface area contributed by atoms with Gasteiger partial charge >= 0.3 is 0 Å². The number of hydrogen-bond donors (Lipinski definition) is 4. The van der Waals surface area contributed by atoms with E-state index in [-0.39, 0.29) is 18.2 Å². The first-order valence-electron chi connectivity index (χ1n) is 6.80. The summed E-state index contributed by atoms with van der Waals surface area (Å²) in [6, 6.07) is 0. The lowest BCUT2D eigenvalue weighted by Crippen LogP contribution is -2.60. The highest BCUT2D eigenvalue weighted by Gasteiger charge is 2.54. The van der Waals surface area contributed by atoms with Crippen LogP contribution < -0.4 is 0 Å². The Bertz CT molecular complexity index is 375. The van der Waals surface area contributed by atoms with Gasteiger partial charge in [0.2, 0.25) is 5.79 Å². The molecule has 0 amide bonds. The molecule has 0 aromatic rings. The van der Waals surface area contributed by atoms with Gasteiger partial charge in [-0.1, -0.05) is 0 Å². The van der Waals surface area contributed by atoms with Crippen molar-refractivity contribution in [1.82, 2.24) is 0 Å². The molecule has 7 nitrogen and oxygen atoms in total. The van der Waals surface area contributed by atoms with Gasteiger partial charge in [-0.05, 0) is 0 Å².